The summed E-state index contributed by atoms with van der Waals surface area (Å²) in [5, 5.41) is 0. The molecule has 16 nitrogen and oxygen atoms in total. The lowest BCUT2D eigenvalue weighted by atomic mass is 9.87. The molecule has 0 aromatic heterocycles. The highest BCUT2D eigenvalue weighted by molar-refractivity contribution is 7.88. The largest absolute Gasteiger partial charge is 0.534 e. The van der Waals surface area contributed by atoms with Crippen molar-refractivity contribution in [3.05, 3.63) is 23.7 Å². The first kappa shape index (κ1) is 59.5. The predicted molar refractivity (Wildman–Crippen MR) is 220 cm³/mol. The van der Waals surface area contributed by atoms with E-state index in [0.717, 1.165) is 37.8 Å². The third kappa shape index (κ3) is 18.6. The second-order valence-corrected chi connectivity index (χ2v) is 21.0. The maximum atomic E-state index is 12.5. The summed E-state index contributed by atoms with van der Waals surface area (Å²) in [6.07, 6.45) is 6.33. The molecule has 3 rings (SSSR count). The number of hydrogen-bond acceptors (Lipinski definition) is 16. The van der Waals surface area contributed by atoms with Crippen LogP contribution in [0.1, 0.15) is 147 Å². The molecule has 0 bridgehead atoms. The Morgan fingerprint density at radius 2 is 0.923 bits per heavy atom. The SMILES string of the molecule is CCCCOC(=O)C1(C)C=C(OS(=O)(=O)C(F)(F)F)CC(C)(C)O1.CCCCOC(=O)C1(C)CC(=O)CC(C)(C)O1.CCCCOC(=O)C1(C)CC(OS(=O)(=O)C(F)(F)F)=CC(C)(C)O1. The lowest BCUT2D eigenvalue weighted by Crippen LogP contribution is -2.52. The van der Waals surface area contributed by atoms with Gasteiger partial charge in [0, 0.05) is 25.7 Å². The molecule has 0 radical (unpaired) electrons. The molecule has 0 aliphatic carbocycles. The molecule has 3 atom stereocenters. The Hall–Kier alpha value is -3.48. The first-order valence-electron chi connectivity index (χ1n) is 20.8. The summed E-state index contributed by atoms with van der Waals surface area (Å²) in [6.45, 7) is 20.3. The van der Waals surface area contributed by atoms with Gasteiger partial charge in [0.15, 0.2) is 16.8 Å². The molecule has 3 heterocycles. The highest BCUT2D eigenvalue weighted by atomic mass is 32.2. The average molecular weight is 991 g/mol. The van der Waals surface area contributed by atoms with Crippen LogP contribution in [0.25, 0.3) is 0 Å². The van der Waals surface area contributed by atoms with Crippen molar-refractivity contribution in [2.75, 3.05) is 19.8 Å². The minimum Gasteiger partial charge on any atom is -0.464 e. The summed E-state index contributed by atoms with van der Waals surface area (Å²) in [4.78, 5) is 47.9. The summed E-state index contributed by atoms with van der Waals surface area (Å²) in [6, 6.07) is 0. The Balaban J connectivity index is 0.000000496. The molecule has 0 N–H and O–H groups in total. The molecule has 1 fully saturated rings. The molecule has 3 aliphatic rings. The number of Topliss-reactive ketones (excluding diaryl/α,β-unsaturated/α-hetero) is 1. The van der Waals surface area contributed by atoms with Gasteiger partial charge in [0.25, 0.3) is 0 Å². The quantitative estimate of drug-likeness (QED) is 0.0355. The highest BCUT2D eigenvalue weighted by Gasteiger charge is 2.53. The van der Waals surface area contributed by atoms with Crippen molar-refractivity contribution >= 4 is 43.9 Å². The van der Waals surface area contributed by atoms with Gasteiger partial charge in [-0.1, -0.05) is 40.0 Å². The molecule has 378 valence electrons. The number of rotatable bonds is 16. The van der Waals surface area contributed by atoms with Crippen molar-refractivity contribution in [3.63, 3.8) is 0 Å². The summed E-state index contributed by atoms with van der Waals surface area (Å²) in [5.74, 6) is -3.02. The van der Waals surface area contributed by atoms with Crippen LogP contribution >= 0.6 is 0 Å². The van der Waals surface area contributed by atoms with E-state index in [1.54, 1.807) is 6.92 Å². The van der Waals surface area contributed by atoms with E-state index in [9.17, 15) is 62.4 Å². The number of carbonyl (C=O) groups is 4. The van der Waals surface area contributed by atoms with E-state index < -0.39 is 101 Å². The molecule has 3 aliphatic heterocycles. The Bertz CT molecular complexity index is 1960. The normalized spacial score (nSPS) is 25.2. The van der Waals surface area contributed by atoms with Crippen LogP contribution in [0, 0.1) is 0 Å². The van der Waals surface area contributed by atoms with Gasteiger partial charge in [-0.3, -0.25) is 4.79 Å². The second kappa shape index (κ2) is 22.5. The standard InChI is InChI=1S/2C14H21F3O6S.C13H22O4/c2*1-5-6-7-21-11(18)13(4)9-10(8-12(2,3)23-13)22-24(19,20)14(15,16)17;1-5-6-7-16-11(15)13(4)9-10(14)8-12(2,3)17-13/h9H,5-8H2,1-4H3;8H,5-7,9H2,1-4H3;5-9H2,1-4H3. The predicted octanol–water partition coefficient (Wildman–Crippen LogP) is 8.32. The van der Waals surface area contributed by atoms with Crippen LogP contribution in [0.3, 0.4) is 0 Å². The third-order valence-electron chi connectivity index (χ3n) is 9.15. The summed E-state index contributed by atoms with van der Waals surface area (Å²) in [7, 11) is -11.6. The molecular weight excluding hydrogens is 927 g/mol. The number of ether oxygens (including phenoxy) is 6. The van der Waals surface area contributed by atoms with Crippen molar-refractivity contribution in [1.29, 1.82) is 0 Å². The minimum atomic E-state index is -5.82. The van der Waals surface area contributed by atoms with Gasteiger partial charge in [-0.2, -0.15) is 43.2 Å². The maximum Gasteiger partial charge on any atom is 0.534 e. The van der Waals surface area contributed by atoms with Crippen LogP contribution in [0.15, 0.2) is 23.7 Å². The van der Waals surface area contributed by atoms with Gasteiger partial charge >= 0.3 is 49.2 Å². The second-order valence-electron chi connectivity index (χ2n) is 17.9. The van der Waals surface area contributed by atoms with Gasteiger partial charge in [-0.05, 0) is 93.7 Å². The molecule has 24 heteroatoms. The van der Waals surface area contributed by atoms with Crippen molar-refractivity contribution in [1.82, 2.24) is 0 Å². The topological polar surface area (TPSA) is 210 Å². The number of ketones is 1. The zero-order valence-corrected chi connectivity index (χ0v) is 40.6. The smallest absolute Gasteiger partial charge is 0.464 e. The zero-order chi connectivity index (χ0) is 50.7. The first-order chi connectivity index (χ1) is 29.2. The number of hydrogen-bond donors (Lipinski definition) is 0. The van der Waals surface area contributed by atoms with Crippen LogP contribution < -0.4 is 0 Å². The van der Waals surface area contributed by atoms with Gasteiger partial charge in [0.2, 0.25) is 0 Å². The third-order valence-corrected chi connectivity index (χ3v) is 11.2. The van der Waals surface area contributed by atoms with Crippen molar-refractivity contribution in [2.45, 2.75) is 192 Å². The van der Waals surface area contributed by atoms with E-state index in [1.807, 2.05) is 34.6 Å². The van der Waals surface area contributed by atoms with Gasteiger partial charge in [0.1, 0.15) is 17.3 Å². The molecule has 65 heavy (non-hydrogen) atoms. The maximum absolute atomic E-state index is 12.5. The molecule has 3 unspecified atom stereocenters. The lowest BCUT2D eigenvalue weighted by molar-refractivity contribution is -0.202. The monoisotopic (exact) mass is 990 g/mol. The van der Waals surface area contributed by atoms with Crippen molar-refractivity contribution in [2.24, 2.45) is 0 Å². The minimum absolute atomic E-state index is 0.0520. The fourth-order valence-corrected chi connectivity index (χ4v) is 7.58. The molecule has 0 amide bonds. The Kier molecular flexibility index (Phi) is 20.6. The fraction of sp³-hybridized carbons (Fsp3) is 0.805. The van der Waals surface area contributed by atoms with E-state index in [4.69, 9.17) is 28.4 Å². The van der Waals surface area contributed by atoms with Crippen LogP contribution in [-0.2, 0) is 76.2 Å². The molecular formula is C41H64F6O16S2. The summed E-state index contributed by atoms with van der Waals surface area (Å²) >= 11 is 0. The molecule has 0 spiro atoms. The van der Waals surface area contributed by atoms with Gasteiger partial charge in [-0.25, -0.2) is 14.4 Å². The number of alkyl halides is 6. The average Bonchev–Trinajstić information content (AvgIpc) is 3.08. The molecule has 0 aromatic rings. The van der Waals surface area contributed by atoms with Gasteiger partial charge < -0.3 is 36.8 Å². The number of carbonyl (C=O) groups excluding carboxylic acids is 4. The van der Waals surface area contributed by atoms with Crippen LogP contribution in [0.5, 0.6) is 0 Å². The highest BCUT2D eigenvalue weighted by Crippen LogP contribution is 2.40. The Morgan fingerprint density at radius 3 is 1.31 bits per heavy atom. The van der Waals surface area contributed by atoms with E-state index in [1.165, 1.54) is 41.5 Å². The first-order valence-corrected chi connectivity index (χ1v) is 23.6. The van der Waals surface area contributed by atoms with E-state index in [2.05, 4.69) is 8.37 Å². The zero-order valence-electron chi connectivity index (χ0n) is 39.0. The van der Waals surface area contributed by atoms with E-state index >= 15 is 0 Å². The number of halogens is 6. The van der Waals surface area contributed by atoms with E-state index in [-0.39, 0.29) is 31.8 Å². The Labute approximate surface area is 377 Å². The fourth-order valence-electron chi connectivity index (χ4n) is 6.62. The van der Waals surface area contributed by atoms with Crippen LogP contribution in [-0.4, -0.2) is 105 Å². The lowest BCUT2D eigenvalue weighted by Gasteiger charge is -2.40. The molecule has 0 saturated carbocycles. The summed E-state index contributed by atoms with van der Waals surface area (Å²) < 4.78 is 160. The van der Waals surface area contributed by atoms with Crippen LogP contribution in [0.2, 0.25) is 0 Å². The van der Waals surface area contributed by atoms with Gasteiger partial charge in [-0.15, -0.1) is 0 Å². The molecule has 0 aromatic carbocycles. The van der Waals surface area contributed by atoms with Crippen molar-refractivity contribution in [3.8, 4) is 0 Å². The van der Waals surface area contributed by atoms with Crippen LogP contribution in [0.4, 0.5) is 26.3 Å². The molecule has 1 saturated heterocycles. The number of unbranched alkanes of at least 4 members (excludes halogenated alkanes) is 3. The van der Waals surface area contributed by atoms with E-state index in [0.29, 0.717) is 25.9 Å². The summed E-state index contributed by atoms with van der Waals surface area (Å²) in [5.41, 5.74) is -18.6. The van der Waals surface area contributed by atoms with Crippen molar-refractivity contribution < 1.29 is 99.1 Å². The number of esters is 3. The van der Waals surface area contributed by atoms with Gasteiger partial charge in [0.05, 0.1) is 36.6 Å². The Morgan fingerprint density at radius 1 is 0.554 bits per heavy atom.